The molecule has 0 spiro atoms. The van der Waals surface area contributed by atoms with Gasteiger partial charge in [0.1, 0.15) is 0 Å². The first kappa shape index (κ1) is 13.7. The van der Waals surface area contributed by atoms with Gasteiger partial charge in [-0.05, 0) is 32.0 Å². The third-order valence-electron chi connectivity index (χ3n) is 3.74. The Hall–Kier alpha value is -2.27. The van der Waals surface area contributed by atoms with Crippen LogP contribution >= 0.6 is 0 Å². The third-order valence-corrected chi connectivity index (χ3v) is 3.74. The fourth-order valence-corrected chi connectivity index (χ4v) is 2.71. The molecule has 0 saturated carbocycles. The van der Waals surface area contributed by atoms with Gasteiger partial charge in [0.2, 0.25) is 5.66 Å². The molecule has 0 saturated heterocycles. The number of nitrogens with zero attached hydrogens (tertiary/aromatic N) is 2. The molecule has 1 amide bonds. The Kier molecular flexibility index (Phi) is 3.22. The zero-order valence-corrected chi connectivity index (χ0v) is 12.2. The van der Waals surface area contributed by atoms with Crippen LogP contribution in [-0.2, 0) is 4.79 Å². The summed E-state index contributed by atoms with van der Waals surface area (Å²) in [5.74, 6) is -0.494. The van der Waals surface area contributed by atoms with E-state index >= 15 is 0 Å². The summed E-state index contributed by atoms with van der Waals surface area (Å²) >= 11 is 0. The number of amides is 1. The maximum Gasteiger partial charge on any atom is 0.264 e. The first-order valence-corrected chi connectivity index (χ1v) is 7.10. The zero-order chi connectivity index (χ0) is 15.0. The van der Waals surface area contributed by atoms with Gasteiger partial charge in [0.05, 0.1) is 17.1 Å². The molecule has 0 bridgehead atoms. The number of rotatable bonds is 4. The molecule has 3 rings (SSSR count). The van der Waals surface area contributed by atoms with Gasteiger partial charge in [-0.1, -0.05) is 25.1 Å². The minimum Gasteiger partial charge on any atom is -0.366 e. The van der Waals surface area contributed by atoms with E-state index in [1.54, 1.807) is 0 Å². The number of dihydropyridines is 1. The number of carbonyl (C=O) groups is 1. The van der Waals surface area contributed by atoms with E-state index in [0.717, 1.165) is 34.7 Å². The van der Waals surface area contributed by atoms with Crippen LogP contribution in [0.1, 0.15) is 25.8 Å². The Bertz CT molecular complexity index is 702. The number of nitrogens with two attached hydrogens (primary N) is 1. The molecular weight excluding hydrogens is 264 g/mol. The van der Waals surface area contributed by atoms with Crippen LogP contribution in [0.15, 0.2) is 40.3 Å². The SMILES string of the molecule is CCCNC1(C(N)=O)C=C2C(=Nc3ccccc32)C(C)=N1. The molecule has 2 heterocycles. The van der Waals surface area contributed by atoms with Gasteiger partial charge in [-0.25, -0.2) is 4.99 Å². The number of carbonyl (C=O) groups excluding carboxylic acids is 1. The van der Waals surface area contributed by atoms with E-state index in [9.17, 15) is 4.79 Å². The predicted octanol–water partition coefficient (Wildman–Crippen LogP) is 1.81. The molecule has 5 heteroatoms. The molecule has 1 unspecified atom stereocenters. The largest absolute Gasteiger partial charge is 0.366 e. The monoisotopic (exact) mass is 282 g/mol. The average molecular weight is 282 g/mol. The molecule has 21 heavy (non-hydrogen) atoms. The number of allylic oxidation sites excluding steroid dienone is 1. The molecule has 0 radical (unpaired) electrons. The number of primary amides is 1. The van der Waals surface area contributed by atoms with Gasteiger partial charge in [-0.3, -0.25) is 15.1 Å². The summed E-state index contributed by atoms with van der Waals surface area (Å²) in [5, 5.41) is 3.16. The normalized spacial score (nSPS) is 22.9. The number of hydrogen-bond donors (Lipinski definition) is 2. The number of benzene rings is 1. The molecule has 1 atom stereocenters. The summed E-state index contributed by atoms with van der Waals surface area (Å²) < 4.78 is 0. The average Bonchev–Trinajstić information content (AvgIpc) is 2.84. The lowest BCUT2D eigenvalue weighted by molar-refractivity contribution is -0.122. The van der Waals surface area contributed by atoms with Crippen LogP contribution in [0.4, 0.5) is 5.69 Å². The van der Waals surface area contributed by atoms with Gasteiger partial charge in [-0.15, -0.1) is 0 Å². The van der Waals surface area contributed by atoms with Gasteiger partial charge < -0.3 is 5.73 Å². The van der Waals surface area contributed by atoms with Crippen molar-refractivity contribution in [1.29, 1.82) is 0 Å². The summed E-state index contributed by atoms with van der Waals surface area (Å²) in [4.78, 5) is 21.1. The number of nitrogens with one attached hydrogen (secondary N) is 1. The molecule has 1 aromatic carbocycles. The van der Waals surface area contributed by atoms with E-state index in [4.69, 9.17) is 5.73 Å². The van der Waals surface area contributed by atoms with Crippen molar-refractivity contribution >= 4 is 28.6 Å². The first-order chi connectivity index (χ1) is 10.1. The Balaban J connectivity index is 2.14. The van der Waals surface area contributed by atoms with Crippen molar-refractivity contribution < 1.29 is 4.79 Å². The number of hydrogen-bond acceptors (Lipinski definition) is 4. The molecule has 1 aromatic rings. The molecule has 5 nitrogen and oxygen atoms in total. The zero-order valence-electron chi connectivity index (χ0n) is 12.2. The minimum atomic E-state index is -1.17. The van der Waals surface area contributed by atoms with Crippen molar-refractivity contribution in [2.45, 2.75) is 25.9 Å². The second-order valence-corrected chi connectivity index (χ2v) is 5.29. The second-order valence-electron chi connectivity index (χ2n) is 5.29. The minimum absolute atomic E-state index is 0.494. The van der Waals surface area contributed by atoms with E-state index in [1.165, 1.54) is 0 Å². The maximum absolute atomic E-state index is 12.0. The fourth-order valence-electron chi connectivity index (χ4n) is 2.71. The predicted molar refractivity (Wildman–Crippen MR) is 84.8 cm³/mol. The van der Waals surface area contributed by atoms with Gasteiger partial charge >= 0.3 is 0 Å². The third kappa shape index (κ3) is 2.10. The van der Waals surface area contributed by atoms with Crippen LogP contribution in [0, 0.1) is 0 Å². The van der Waals surface area contributed by atoms with Crippen LogP contribution in [0.2, 0.25) is 0 Å². The van der Waals surface area contributed by atoms with Crippen LogP contribution in [-0.4, -0.2) is 29.5 Å². The topological polar surface area (TPSA) is 79.8 Å². The molecule has 0 aliphatic carbocycles. The molecule has 2 aliphatic rings. The summed E-state index contributed by atoms with van der Waals surface area (Å²) in [7, 11) is 0. The number of aliphatic imine (C=N–C) groups is 2. The van der Waals surface area contributed by atoms with Gasteiger partial charge in [-0.2, -0.15) is 0 Å². The lowest BCUT2D eigenvalue weighted by Gasteiger charge is -2.29. The molecule has 0 aromatic heterocycles. The smallest absolute Gasteiger partial charge is 0.264 e. The lowest BCUT2D eigenvalue weighted by atomic mass is 9.92. The number of fused-ring (bicyclic) bond motifs is 3. The Morgan fingerprint density at radius 3 is 2.86 bits per heavy atom. The quantitative estimate of drug-likeness (QED) is 0.883. The standard InChI is InChI=1S/C16H18N4O/c1-3-8-18-16(15(17)21)9-12-11-6-4-5-7-13(11)19-14(12)10(2)20-16/h4-7,9,18H,3,8H2,1-2H3,(H2,17,21). The van der Waals surface area contributed by atoms with E-state index in [2.05, 4.69) is 15.3 Å². The van der Waals surface area contributed by atoms with Gasteiger partial charge in [0.25, 0.3) is 5.91 Å². The van der Waals surface area contributed by atoms with E-state index in [-0.39, 0.29) is 0 Å². The summed E-state index contributed by atoms with van der Waals surface area (Å²) in [6.07, 6.45) is 2.70. The Morgan fingerprint density at radius 2 is 2.14 bits per heavy atom. The van der Waals surface area contributed by atoms with Crippen molar-refractivity contribution in [3.8, 4) is 0 Å². The Morgan fingerprint density at radius 1 is 1.38 bits per heavy atom. The summed E-state index contributed by atoms with van der Waals surface area (Å²) in [6.45, 7) is 4.56. The van der Waals surface area contributed by atoms with Crippen molar-refractivity contribution in [2.24, 2.45) is 15.7 Å². The molecule has 3 N–H and O–H groups in total. The Labute approximate surface area is 123 Å². The molecule has 0 fully saturated rings. The fraction of sp³-hybridized carbons (Fsp3) is 0.312. The van der Waals surface area contributed by atoms with Crippen molar-refractivity contribution in [3.05, 3.63) is 35.9 Å². The highest BCUT2D eigenvalue weighted by Gasteiger charge is 2.40. The lowest BCUT2D eigenvalue weighted by Crippen LogP contribution is -2.55. The first-order valence-electron chi connectivity index (χ1n) is 7.10. The molecule has 2 aliphatic heterocycles. The van der Waals surface area contributed by atoms with Crippen LogP contribution in [0.25, 0.3) is 5.57 Å². The van der Waals surface area contributed by atoms with Crippen molar-refractivity contribution in [1.82, 2.24) is 5.32 Å². The van der Waals surface area contributed by atoms with E-state index < -0.39 is 11.6 Å². The van der Waals surface area contributed by atoms with E-state index in [0.29, 0.717) is 6.54 Å². The molecule has 108 valence electrons. The van der Waals surface area contributed by atoms with Crippen LogP contribution < -0.4 is 11.1 Å². The van der Waals surface area contributed by atoms with Gasteiger partial charge in [0.15, 0.2) is 0 Å². The van der Waals surface area contributed by atoms with Gasteiger partial charge in [0, 0.05) is 11.1 Å². The van der Waals surface area contributed by atoms with Crippen molar-refractivity contribution in [2.75, 3.05) is 6.54 Å². The summed E-state index contributed by atoms with van der Waals surface area (Å²) in [5.41, 5.74) is 8.85. The highest BCUT2D eigenvalue weighted by molar-refractivity contribution is 6.60. The van der Waals surface area contributed by atoms with Crippen LogP contribution in [0.3, 0.4) is 0 Å². The van der Waals surface area contributed by atoms with Crippen molar-refractivity contribution in [3.63, 3.8) is 0 Å². The second kappa shape index (κ2) is 4.93. The van der Waals surface area contributed by atoms with Crippen LogP contribution in [0.5, 0.6) is 0 Å². The highest BCUT2D eigenvalue weighted by atomic mass is 16.2. The van der Waals surface area contributed by atoms with E-state index in [1.807, 2.05) is 44.2 Å². The number of para-hydroxylation sites is 1. The highest BCUT2D eigenvalue weighted by Crippen LogP contribution is 2.38. The maximum atomic E-state index is 12.0. The molecular formula is C16H18N4O. The summed E-state index contributed by atoms with van der Waals surface area (Å²) in [6, 6.07) is 7.87.